The van der Waals surface area contributed by atoms with E-state index in [1.165, 1.54) is 12.1 Å². The third-order valence-corrected chi connectivity index (χ3v) is 2.77. The van der Waals surface area contributed by atoms with Gasteiger partial charge < -0.3 is 5.73 Å². The molecule has 0 amide bonds. The molecule has 0 spiro atoms. The highest BCUT2D eigenvalue weighted by Crippen LogP contribution is 2.29. The van der Waals surface area contributed by atoms with E-state index in [9.17, 15) is 8.78 Å². The molecule has 0 bridgehead atoms. The lowest BCUT2D eigenvalue weighted by Gasteiger charge is -2.24. The minimum absolute atomic E-state index is 0.0526. The zero-order valence-corrected chi connectivity index (χ0v) is 9.66. The highest BCUT2D eigenvalue weighted by atomic mass is 79.9. The van der Waals surface area contributed by atoms with E-state index in [0.717, 1.165) is 0 Å². The van der Waals surface area contributed by atoms with Crippen molar-refractivity contribution < 1.29 is 8.78 Å². The van der Waals surface area contributed by atoms with Crippen molar-refractivity contribution in [2.75, 3.05) is 0 Å². The van der Waals surface area contributed by atoms with Crippen LogP contribution in [0.15, 0.2) is 16.6 Å². The van der Waals surface area contributed by atoms with Crippen molar-refractivity contribution in [3.63, 3.8) is 0 Å². The molecule has 0 aliphatic heterocycles. The summed E-state index contributed by atoms with van der Waals surface area (Å²) in [6, 6.07) is 2.44. The fraction of sp³-hybridized carbons (Fsp3) is 0.400. The normalized spacial score (nSPS) is 15.3. The molecule has 1 aromatic rings. The molecule has 0 radical (unpaired) electrons. The highest BCUT2D eigenvalue weighted by Gasteiger charge is 2.26. The van der Waals surface area contributed by atoms with E-state index in [1.807, 2.05) is 0 Å². The van der Waals surface area contributed by atoms with Crippen LogP contribution >= 0.6 is 15.9 Å². The molecule has 1 unspecified atom stereocenters. The van der Waals surface area contributed by atoms with Gasteiger partial charge in [-0.15, -0.1) is 0 Å². The van der Waals surface area contributed by atoms with E-state index >= 15 is 0 Å². The fourth-order valence-electron chi connectivity index (χ4n) is 1.26. The molecule has 0 heterocycles. The molecule has 2 N–H and O–H groups in total. The van der Waals surface area contributed by atoms with Gasteiger partial charge in [0.15, 0.2) is 0 Å². The summed E-state index contributed by atoms with van der Waals surface area (Å²) in [6.07, 6.45) is 0.475. The van der Waals surface area contributed by atoms with Gasteiger partial charge in [-0.25, -0.2) is 8.78 Å². The van der Waals surface area contributed by atoms with E-state index in [-0.39, 0.29) is 5.56 Å². The SMILES string of the molecule is CCC(C)(N)c1c(F)cc(Br)cc1F. The molecule has 78 valence electrons. The maximum atomic E-state index is 13.4. The monoisotopic (exact) mass is 263 g/mol. The molecule has 4 heteroatoms. The smallest absolute Gasteiger partial charge is 0.132 e. The van der Waals surface area contributed by atoms with Crippen molar-refractivity contribution in [3.8, 4) is 0 Å². The lowest BCUT2D eigenvalue weighted by atomic mass is 9.90. The number of hydrogen-bond donors (Lipinski definition) is 1. The van der Waals surface area contributed by atoms with Crippen molar-refractivity contribution in [2.45, 2.75) is 25.8 Å². The average molecular weight is 264 g/mol. The first-order chi connectivity index (χ1) is 6.38. The number of benzene rings is 1. The Labute approximate surface area is 90.4 Å². The second-order valence-corrected chi connectivity index (χ2v) is 4.43. The van der Waals surface area contributed by atoms with E-state index in [0.29, 0.717) is 10.9 Å². The number of rotatable bonds is 2. The molecule has 1 rings (SSSR count). The molecule has 0 saturated heterocycles. The third-order valence-electron chi connectivity index (χ3n) is 2.31. The topological polar surface area (TPSA) is 26.0 Å². The molecule has 1 nitrogen and oxygen atoms in total. The van der Waals surface area contributed by atoms with Crippen LogP contribution in [0.4, 0.5) is 8.78 Å². The maximum Gasteiger partial charge on any atom is 0.132 e. The molecule has 1 aromatic carbocycles. The second kappa shape index (κ2) is 3.95. The lowest BCUT2D eigenvalue weighted by molar-refractivity contribution is 0.415. The van der Waals surface area contributed by atoms with E-state index in [4.69, 9.17) is 5.73 Å². The van der Waals surface area contributed by atoms with Crippen LogP contribution in [-0.2, 0) is 5.54 Å². The Morgan fingerprint density at radius 1 is 1.36 bits per heavy atom. The van der Waals surface area contributed by atoms with E-state index < -0.39 is 17.2 Å². The van der Waals surface area contributed by atoms with Gasteiger partial charge in [0.1, 0.15) is 11.6 Å². The summed E-state index contributed by atoms with van der Waals surface area (Å²) < 4.78 is 27.3. The molecular formula is C10H12BrF2N. The first kappa shape index (κ1) is 11.6. The van der Waals surface area contributed by atoms with Gasteiger partial charge in [0.25, 0.3) is 0 Å². The maximum absolute atomic E-state index is 13.4. The Bertz CT molecular complexity index is 327. The van der Waals surface area contributed by atoms with Gasteiger partial charge in [0, 0.05) is 15.6 Å². The Morgan fingerprint density at radius 3 is 2.14 bits per heavy atom. The predicted octanol–water partition coefficient (Wildman–Crippen LogP) is 3.31. The van der Waals surface area contributed by atoms with Crippen molar-refractivity contribution in [1.29, 1.82) is 0 Å². The lowest BCUT2D eigenvalue weighted by Crippen LogP contribution is -2.34. The second-order valence-electron chi connectivity index (χ2n) is 3.52. The molecule has 0 aliphatic carbocycles. The van der Waals surface area contributed by atoms with E-state index in [2.05, 4.69) is 15.9 Å². The van der Waals surface area contributed by atoms with Crippen LogP contribution in [0, 0.1) is 11.6 Å². The van der Waals surface area contributed by atoms with Gasteiger partial charge in [0.2, 0.25) is 0 Å². The van der Waals surface area contributed by atoms with Crippen molar-refractivity contribution >= 4 is 15.9 Å². The summed E-state index contributed by atoms with van der Waals surface area (Å²) in [5.74, 6) is -1.22. The molecule has 0 fully saturated rings. The van der Waals surface area contributed by atoms with Crippen LogP contribution in [0.25, 0.3) is 0 Å². The molecule has 0 saturated carbocycles. The zero-order chi connectivity index (χ0) is 10.9. The number of nitrogens with two attached hydrogens (primary N) is 1. The van der Waals surface area contributed by atoms with Crippen molar-refractivity contribution in [2.24, 2.45) is 5.73 Å². The van der Waals surface area contributed by atoms with Gasteiger partial charge in [-0.05, 0) is 25.5 Å². The van der Waals surface area contributed by atoms with Crippen LogP contribution < -0.4 is 5.73 Å². The summed E-state index contributed by atoms with van der Waals surface area (Å²) >= 11 is 3.01. The van der Waals surface area contributed by atoms with Crippen LogP contribution in [-0.4, -0.2) is 0 Å². The Kier molecular flexibility index (Phi) is 3.27. The first-order valence-corrected chi connectivity index (χ1v) is 5.11. The Balaban J connectivity index is 3.35. The largest absolute Gasteiger partial charge is 0.321 e. The number of hydrogen-bond acceptors (Lipinski definition) is 1. The standard InChI is InChI=1S/C10H12BrF2N/c1-3-10(2,14)9-7(12)4-6(11)5-8(9)13/h4-5H,3,14H2,1-2H3. The van der Waals surface area contributed by atoms with Crippen LogP contribution in [0.5, 0.6) is 0 Å². The Morgan fingerprint density at radius 2 is 1.79 bits per heavy atom. The minimum Gasteiger partial charge on any atom is -0.321 e. The number of halogens is 3. The summed E-state index contributed by atoms with van der Waals surface area (Å²) in [5.41, 5.74) is 4.78. The predicted molar refractivity (Wildman–Crippen MR) is 55.9 cm³/mol. The van der Waals surface area contributed by atoms with Gasteiger partial charge in [-0.2, -0.15) is 0 Å². The molecule has 1 atom stereocenters. The first-order valence-electron chi connectivity index (χ1n) is 4.32. The molecule has 0 aromatic heterocycles. The molecule has 14 heavy (non-hydrogen) atoms. The van der Waals surface area contributed by atoms with Gasteiger partial charge in [-0.3, -0.25) is 0 Å². The zero-order valence-electron chi connectivity index (χ0n) is 8.07. The van der Waals surface area contributed by atoms with Gasteiger partial charge in [0.05, 0.1) is 0 Å². The Hall–Kier alpha value is -0.480. The third kappa shape index (κ3) is 2.12. The van der Waals surface area contributed by atoms with Crippen molar-refractivity contribution in [3.05, 3.63) is 33.8 Å². The highest BCUT2D eigenvalue weighted by molar-refractivity contribution is 9.10. The fourth-order valence-corrected chi connectivity index (χ4v) is 1.67. The summed E-state index contributed by atoms with van der Waals surface area (Å²) in [5, 5.41) is 0. The van der Waals surface area contributed by atoms with Gasteiger partial charge in [-0.1, -0.05) is 22.9 Å². The summed E-state index contributed by atoms with van der Waals surface area (Å²) in [7, 11) is 0. The van der Waals surface area contributed by atoms with Crippen LogP contribution in [0.2, 0.25) is 0 Å². The van der Waals surface area contributed by atoms with Crippen LogP contribution in [0.3, 0.4) is 0 Å². The van der Waals surface area contributed by atoms with Crippen LogP contribution in [0.1, 0.15) is 25.8 Å². The summed E-state index contributed by atoms with van der Waals surface area (Å²) in [4.78, 5) is 0. The molecule has 0 aliphatic rings. The van der Waals surface area contributed by atoms with Crippen molar-refractivity contribution in [1.82, 2.24) is 0 Å². The summed E-state index contributed by atoms with van der Waals surface area (Å²) in [6.45, 7) is 3.41. The minimum atomic E-state index is -0.963. The average Bonchev–Trinajstić information content (AvgIpc) is 2.01. The van der Waals surface area contributed by atoms with Gasteiger partial charge >= 0.3 is 0 Å². The van der Waals surface area contributed by atoms with E-state index in [1.54, 1.807) is 13.8 Å². The molecular weight excluding hydrogens is 252 g/mol. The quantitative estimate of drug-likeness (QED) is 0.871.